The van der Waals surface area contributed by atoms with Crippen molar-refractivity contribution in [3.8, 4) is 10.8 Å². The number of halogens is 1. The van der Waals surface area contributed by atoms with E-state index in [-0.39, 0.29) is 12.5 Å². The molecule has 130 valence electrons. The molecule has 4 aromatic rings. The van der Waals surface area contributed by atoms with E-state index < -0.39 is 5.82 Å². The van der Waals surface area contributed by atoms with Gasteiger partial charge in [0.15, 0.2) is 10.8 Å². The summed E-state index contributed by atoms with van der Waals surface area (Å²) in [5, 5.41) is 3.55. The molecule has 0 atom stereocenters. The van der Waals surface area contributed by atoms with E-state index in [9.17, 15) is 9.18 Å². The second-order valence-electron chi connectivity index (χ2n) is 5.89. The number of nitrogens with zero attached hydrogens (tertiary/aromatic N) is 1. The summed E-state index contributed by atoms with van der Waals surface area (Å²) in [6, 6.07) is 15.7. The number of carbonyl (C=O) groups is 1. The lowest BCUT2D eigenvalue weighted by Gasteiger charge is -2.06. The molecule has 0 aliphatic carbocycles. The lowest BCUT2D eigenvalue weighted by atomic mass is 10.1. The zero-order valence-corrected chi connectivity index (χ0v) is 14.8. The summed E-state index contributed by atoms with van der Waals surface area (Å²) in [6.45, 7) is 1.99. The fourth-order valence-corrected chi connectivity index (χ4v) is 3.59. The van der Waals surface area contributed by atoms with Gasteiger partial charge < -0.3 is 9.73 Å². The molecule has 0 spiro atoms. The first-order chi connectivity index (χ1) is 12.6. The SMILES string of the molecule is Cc1ccc(F)cc1C(=O)NCc1ccc(-c2nc3ccccc3s2)o1. The quantitative estimate of drug-likeness (QED) is 0.557. The first kappa shape index (κ1) is 16.5. The van der Waals surface area contributed by atoms with Crippen molar-refractivity contribution in [3.63, 3.8) is 0 Å². The lowest BCUT2D eigenvalue weighted by molar-refractivity contribution is 0.0947. The van der Waals surface area contributed by atoms with Gasteiger partial charge in [-0.15, -0.1) is 11.3 Å². The molecule has 0 saturated heterocycles. The van der Waals surface area contributed by atoms with E-state index in [0.29, 0.717) is 17.1 Å². The van der Waals surface area contributed by atoms with Crippen molar-refractivity contribution < 1.29 is 13.6 Å². The number of aryl methyl sites for hydroxylation is 1. The lowest BCUT2D eigenvalue weighted by Crippen LogP contribution is -2.23. The van der Waals surface area contributed by atoms with Gasteiger partial charge in [-0.2, -0.15) is 0 Å². The molecule has 0 radical (unpaired) electrons. The number of nitrogens with one attached hydrogen (secondary N) is 1. The number of benzene rings is 2. The van der Waals surface area contributed by atoms with Crippen LogP contribution in [-0.4, -0.2) is 10.9 Å². The molecule has 0 fully saturated rings. The van der Waals surface area contributed by atoms with E-state index in [2.05, 4.69) is 10.3 Å². The summed E-state index contributed by atoms with van der Waals surface area (Å²) in [4.78, 5) is 16.8. The maximum absolute atomic E-state index is 13.3. The Morgan fingerprint density at radius 1 is 1.19 bits per heavy atom. The van der Waals surface area contributed by atoms with Crippen molar-refractivity contribution >= 4 is 27.5 Å². The number of hydrogen-bond donors (Lipinski definition) is 1. The molecule has 1 N–H and O–H groups in total. The number of thiazole rings is 1. The fraction of sp³-hybridized carbons (Fsp3) is 0.100. The van der Waals surface area contributed by atoms with Gasteiger partial charge in [-0.1, -0.05) is 18.2 Å². The van der Waals surface area contributed by atoms with Gasteiger partial charge in [0.25, 0.3) is 5.91 Å². The predicted molar refractivity (Wildman–Crippen MR) is 99.6 cm³/mol. The number of rotatable bonds is 4. The number of aromatic nitrogens is 1. The third kappa shape index (κ3) is 3.23. The highest BCUT2D eigenvalue weighted by molar-refractivity contribution is 7.21. The molecular formula is C20H15FN2O2S. The number of furan rings is 1. The highest BCUT2D eigenvalue weighted by Crippen LogP contribution is 2.31. The Bertz CT molecular complexity index is 1070. The molecule has 6 heteroatoms. The molecule has 0 unspecified atom stereocenters. The third-order valence-corrected chi connectivity index (χ3v) is 5.08. The fourth-order valence-electron chi connectivity index (χ4n) is 2.67. The van der Waals surface area contributed by atoms with E-state index in [1.807, 2.05) is 30.3 Å². The normalized spacial score (nSPS) is 11.0. The molecule has 0 saturated carbocycles. The van der Waals surface area contributed by atoms with Crippen LogP contribution in [0.5, 0.6) is 0 Å². The van der Waals surface area contributed by atoms with Crippen LogP contribution in [0.4, 0.5) is 4.39 Å². The smallest absolute Gasteiger partial charge is 0.252 e. The molecule has 2 aromatic heterocycles. The van der Waals surface area contributed by atoms with Crippen molar-refractivity contribution in [1.82, 2.24) is 10.3 Å². The number of amides is 1. The Balaban J connectivity index is 1.48. The first-order valence-corrected chi connectivity index (χ1v) is 8.91. The van der Waals surface area contributed by atoms with Crippen LogP contribution in [0.15, 0.2) is 59.0 Å². The van der Waals surface area contributed by atoms with Gasteiger partial charge in [0.2, 0.25) is 0 Å². The highest BCUT2D eigenvalue weighted by Gasteiger charge is 2.13. The minimum atomic E-state index is -0.433. The standard InChI is InChI=1S/C20H15FN2O2S/c1-12-6-7-13(21)10-15(12)19(24)22-11-14-8-9-17(25-14)20-23-16-4-2-3-5-18(16)26-20/h2-10H,11H2,1H3,(H,22,24). The van der Waals surface area contributed by atoms with Crippen LogP contribution < -0.4 is 5.32 Å². The van der Waals surface area contributed by atoms with Crippen LogP contribution >= 0.6 is 11.3 Å². The van der Waals surface area contributed by atoms with Crippen LogP contribution in [0, 0.1) is 12.7 Å². The number of fused-ring (bicyclic) bond motifs is 1. The van der Waals surface area contributed by atoms with Gasteiger partial charge in [0.1, 0.15) is 11.6 Å². The number of carbonyl (C=O) groups excluding carboxylic acids is 1. The van der Waals surface area contributed by atoms with E-state index in [1.54, 1.807) is 30.4 Å². The minimum Gasteiger partial charge on any atom is -0.457 e. The van der Waals surface area contributed by atoms with Gasteiger partial charge in [0.05, 0.1) is 16.8 Å². The Morgan fingerprint density at radius 3 is 2.88 bits per heavy atom. The third-order valence-electron chi connectivity index (χ3n) is 4.03. The van der Waals surface area contributed by atoms with Crippen LogP contribution in [0.1, 0.15) is 21.7 Å². The predicted octanol–water partition coefficient (Wildman–Crippen LogP) is 4.93. The molecule has 4 rings (SSSR count). The minimum absolute atomic E-state index is 0.222. The van der Waals surface area contributed by atoms with E-state index >= 15 is 0 Å². The topological polar surface area (TPSA) is 55.1 Å². The van der Waals surface area contributed by atoms with Gasteiger partial charge in [0, 0.05) is 5.56 Å². The second-order valence-corrected chi connectivity index (χ2v) is 6.93. The van der Waals surface area contributed by atoms with E-state index in [0.717, 1.165) is 20.8 Å². The highest BCUT2D eigenvalue weighted by atomic mass is 32.1. The van der Waals surface area contributed by atoms with Crippen molar-refractivity contribution in [1.29, 1.82) is 0 Å². The van der Waals surface area contributed by atoms with Crippen molar-refractivity contribution in [2.75, 3.05) is 0 Å². The first-order valence-electron chi connectivity index (χ1n) is 8.09. The molecule has 0 aliphatic rings. The second kappa shape index (κ2) is 6.72. The zero-order chi connectivity index (χ0) is 18.1. The van der Waals surface area contributed by atoms with E-state index in [1.165, 1.54) is 12.1 Å². The Kier molecular flexibility index (Phi) is 4.26. The summed E-state index contributed by atoms with van der Waals surface area (Å²) < 4.78 is 20.2. The van der Waals surface area contributed by atoms with Gasteiger partial charge in [-0.3, -0.25) is 4.79 Å². The molecule has 26 heavy (non-hydrogen) atoms. The zero-order valence-electron chi connectivity index (χ0n) is 14.0. The van der Waals surface area contributed by atoms with Gasteiger partial charge in [-0.25, -0.2) is 9.37 Å². The molecule has 2 heterocycles. The summed E-state index contributed by atoms with van der Waals surface area (Å²) in [5.74, 6) is 0.510. The van der Waals surface area contributed by atoms with Crippen LogP contribution in [0.25, 0.3) is 21.0 Å². The summed E-state index contributed by atoms with van der Waals surface area (Å²) in [7, 11) is 0. The van der Waals surface area contributed by atoms with Crippen LogP contribution in [0.3, 0.4) is 0 Å². The van der Waals surface area contributed by atoms with Crippen molar-refractivity contribution in [3.05, 3.63) is 77.3 Å². The Morgan fingerprint density at radius 2 is 2.04 bits per heavy atom. The monoisotopic (exact) mass is 366 g/mol. The molecule has 0 aliphatic heterocycles. The van der Waals surface area contributed by atoms with Gasteiger partial charge >= 0.3 is 0 Å². The maximum Gasteiger partial charge on any atom is 0.252 e. The van der Waals surface area contributed by atoms with Crippen LogP contribution in [0.2, 0.25) is 0 Å². The number of para-hydroxylation sites is 1. The summed E-state index contributed by atoms with van der Waals surface area (Å²) in [5.41, 5.74) is 1.97. The van der Waals surface area contributed by atoms with Crippen LogP contribution in [-0.2, 0) is 6.54 Å². The molecule has 2 aromatic carbocycles. The maximum atomic E-state index is 13.3. The average Bonchev–Trinajstić information content (AvgIpc) is 3.28. The van der Waals surface area contributed by atoms with Crippen molar-refractivity contribution in [2.45, 2.75) is 13.5 Å². The van der Waals surface area contributed by atoms with Gasteiger partial charge in [-0.05, 0) is 48.9 Å². The molecule has 0 bridgehead atoms. The van der Waals surface area contributed by atoms with Crippen molar-refractivity contribution in [2.24, 2.45) is 0 Å². The van der Waals surface area contributed by atoms with E-state index in [4.69, 9.17) is 4.42 Å². The summed E-state index contributed by atoms with van der Waals surface area (Å²) >= 11 is 1.55. The Hall–Kier alpha value is -2.99. The largest absolute Gasteiger partial charge is 0.457 e. The average molecular weight is 366 g/mol. The molecule has 1 amide bonds. The molecular weight excluding hydrogens is 351 g/mol. The number of hydrogen-bond acceptors (Lipinski definition) is 4. The summed E-state index contributed by atoms with van der Waals surface area (Å²) in [6.07, 6.45) is 0. The molecule has 4 nitrogen and oxygen atoms in total. The Labute approximate surface area is 153 Å².